The van der Waals surface area contributed by atoms with E-state index >= 15 is 0 Å². The fourth-order valence-electron chi connectivity index (χ4n) is 1.91. The molecule has 130 valence electrons. The summed E-state index contributed by atoms with van der Waals surface area (Å²) in [6.07, 6.45) is 3.38. The van der Waals surface area contributed by atoms with Gasteiger partial charge in [-0.3, -0.25) is 5.43 Å². The van der Waals surface area contributed by atoms with Gasteiger partial charge in [0.1, 0.15) is 24.7 Å². The molecule has 0 radical (unpaired) electrons. The molecule has 0 aliphatic heterocycles. The fraction of sp³-hybridized carbons (Fsp3) is 0.158. The van der Waals surface area contributed by atoms with Crippen LogP contribution in [-0.2, 0) is 0 Å². The molecule has 0 aromatic heterocycles. The van der Waals surface area contributed by atoms with E-state index < -0.39 is 0 Å². The summed E-state index contributed by atoms with van der Waals surface area (Å²) in [5.74, 6) is 1.56. The van der Waals surface area contributed by atoms with Crippen LogP contribution in [0.1, 0.15) is 5.56 Å². The van der Waals surface area contributed by atoms with Crippen LogP contribution < -0.4 is 20.2 Å². The van der Waals surface area contributed by atoms with Gasteiger partial charge in [0.25, 0.3) is 0 Å². The van der Waals surface area contributed by atoms with Gasteiger partial charge in [-0.05, 0) is 36.5 Å². The van der Waals surface area contributed by atoms with Gasteiger partial charge in [-0.25, -0.2) is 0 Å². The first-order chi connectivity index (χ1) is 12.3. The summed E-state index contributed by atoms with van der Waals surface area (Å²) in [4.78, 5) is 0. The van der Waals surface area contributed by atoms with E-state index in [0.29, 0.717) is 24.9 Å². The monoisotopic (exact) mass is 355 g/mol. The van der Waals surface area contributed by atoms with Gasteiger partial charge in [-0.15, -0.1) is 6.58 Å². The Hall–Kier alpha value is -2.86. The summed E-state index contributed by atoms with van der Waals surface area (Å²) in [5, 5.41) is 7.47. The molecule has 0 bridgehead atoms. The summed E-state index contributed by atoms with van der Waals surface area (Å²) < 4.78 is 11.4. The summed E-state index contributed by atoms with van der Waals surface area (Å²) in [7, 11) is 0. The second-order valence-electron chi connectivity index (χ2n) is 4.92. The van der Waals surface area contributed by atoms with Crippen molar-refractivity contribution in [3.63, 3.8) is 0 Å². The van der Waals surface area contributed by atoms with Crippen LogP contribution in [-0.4, -0.2) is 31.1 Å². The normalized spacial score (nSPS) is 10.2. The Labute approximate surface area is 153 Å². The van der Waals surface area contributed by atoms with Crippen LogP contribution in [0.25, 0.3) is 0 Å². The number of hydrazone groups is 1. The van der Waals surface area contributed by atoms with E-state index in [1.54, 1.807) is 12.3 Å². The van der Waals surface area contributed by atoms with E-state index in [0.717, 1.165) is 17.1 Å². The van der Waals surface area contributed by atoms with Crippen LogP contribution in [0.15, 0.2) is 72.4 Å². The molecule has 0 atom stereocenters. The maximum Gasteiger partial charge on any atom is 0.187 e. The lowest BCUT2D eigenvalue weighted by Gasteiger charge is -2.10. The molecule has 0 aliphatic rings. The molecule has 5 nitrogen and oxygen atoms in total. The number of hydrogen-bond acceptors (Lipinski definition) is 4. The van der Waals surface area contributed by atoms with Crippen LogP contribution in [0, 0.1) is 0 Å². The van der Waals surface area contributed by atoms with Crippen LogP contribution >= 0.6 is 12.2 Å². The molecule has 2 aromatic carbocycles. The number of ether oxygens (including phenoxy) is 2. The number of hydrogen-bond donors (Lipinski definition) is 2. The summed E-state index contributed by atoms with van der Waals surface area (Å²) >= 11 is 5.07. The average molecular weight is 355 g/mol. The van der Waals surface area contributed by atoms with Gasteiger partial charge in [0.05, 0.1) is 6.21 Å². The Morgan fingerprint density at radius 2 is 1.76 bits per heavy atom. The third kappa shape index (κ3) is 7.05. The molecule has 2 N–H and O–H groups in total. The minimum atomic E-state index is 0.436. The van der Waals surface area contributed by atoms with Gasteiger partial charge in [-0.1, -0.05) is 36.4 Å². The molecule has 0 aliphatic carbocycles. The predicted octanol–water partition coefficient (Wildman–Crippen LogP) is 3.13. The van der Waals surface area contributed by atoms with Gasteiger partial charge in [-0.2, -0.15) is 5.10 Å². The van der Waals surface area contributed by atoms with E-state index in [1.165, 1.54) is 0 Å². The van der Waals surface area contributed by atoms with Crippen molar-refractivity contribution in [3.05, 3.63) is 72.8 Å². The average Bonchev–Trinajstić information content (AvgIpc) is 2.65. The number of nitrogens with zero attached hydrogens (tertiary/aromatic N) is 1. The van der Waals surface area contributed by atoms with E-state index in [1.807, 2.05) is 54.6 Å². The van der Waals surface area contributed by atoms with E-state index in [-0.39, 0.29) is 0 Å². The second kappa shape index (κ2) is 10.8. The summed E-state index contributed by atoms with van der Waals surface area (Å²) in [6, 6.07) is 17.3. The molecule has 6 heteroatoms. The number of nitrogens with one attached hydrogen (secondary N) is 2. The zero-order valence-corrected chi connectivity index (χ0v) is 14.7. The lowest BCUT2D eigenvalue weighted by atomic mass is 10.2. The Kier molecular flexibility index (Phi) is 8.00. The Balaban J connectivity index is 1.81. The van der Waals surface area contributed by atoms with Crippen LogP contribution in [0.4, 0.5) is 0 Å². The molecule has 0 spiro atoms. The number of benzene rings is 2. The molecule has 0 saturated heterocycles. The van der Waals surface area contributed by atoms with Crippen molar-refractivity contribution in [2.45, 2.75) is 0 Å². The largest absolute Gasteiger partial charge is 0.490 e. The quantitative estimate of drug-likeness (QED) is 0.238. The first kappa shape index (κ1) is 18.5. The zero-order chi connectivity index (χ0) is 17.7. The third-order valence-corrected chi connectivity index (χ3v) is 3.28. The van der Waals surface area contributed by atoms with Crippen molar-refractivity contribution in [1.29, 1.82) is 0 Å². The Morgan fingerprint density at radius 1 is 1.04 bits per heavy atom. The zero-order valence-electron chi connectivity index (χ0n) is 13.9. The molecule has 25 heavy (non-hydrogen) atoms. The smallest absolute Gasteiger partial charge is 0.187 e. The molecule has 0 unspecified atom stereocenters. The number of thiocarbonyl (C=S) groups is 1. The predicted molar refractivity (Wildman–Crippen MR) is 105 cm³/mol. The highest BCUT2D eigenvalue weighted by molar-refractivity contribution is 7.80. The van der Waals surface area contributed by atoms with Crippen molar-refractivity contribution in [2.75, 3.05) is 19.8 Å². The SMILES string of the molecule is C=CCNC(=S)N/N=C\c1ccccc1OCCOc1ccccc1. The first-order valence-corrected chi connectivity index (χ1v) is 8.28. The van der Waals surface area contributed by atoms with E-state index in [9.17, 15) is 0 Å². The topological polar surface area (TPSA) is 54.9 Å². The lowest BCUT2D eigenvalue weighted by molar-refractivity contribution is 0.217. The fourth-order valence-corrected chi connectivity index (χ4v) is 2.05. The van der Waals surface area contributed by atoms with Crippen LogP contribution in [0.2, 0.25) is 0 Å². The van der Waals surface area contributed by atoms with Crippen molar-refractivity contribution in [1.82, 2.24) is 10.7 Å². The minimum absolute atomic E-state index is 0.436. The van der Waals surface area contributed by atoms with Crippen molar-refractivity contribution < 1.29 is 9.47 Å². The molecular formula is C19H21N3O2S. The maximum atomic E-state index is 5.78. The summed E-state index contributed by atoms with van der Waals surface area (Å²) in [5.41, 5.74) is 3.59. The molecular weight excluding hydrogens is 334 g/mol. The van der Waals surface area contributed by atoms with Gasteiger partial charge in [0, 0.05) is 12.1 Å². The Morgan fingerprint density at radius 3 is 2.56 bits per heavy atom. The van der Waals surface area contributed by atoms with Crippen molar-refractivity contribution in [2.24, 2.45) is 5.10 Å². The highest BCUT2D eigenvalue weighted by Gasteiger charge is 2.01. The summed E-state index contributed by atoms with van der Waals surface area (Å²) in [6.45, 7) is 5.10. The van der Waals surface area contributed by atoms with E-state index in [4.69, 9.17) is 21.7 Å². The van der Waals surface area contributed by atoms with Crippen LogP contribution in [0.3, 0.4) is 0 Å². The van der Waals surface area contributed by atoms with Gasteiger partial charge in [0.15, 0.2) is 5.11 Å². The molecule has 2 aromatic rings. The van der Waals surface area contributed by atoms with Crippen molar-refractivity contribution >= 4 is 23.5 Å². The molecule has 0 heterocycles. The maximum absolute atomic E-state index is 5.78. The molecule has 0 saturated carbocycles. The highest BCUT2D eigenvalue weighted by atomic mass is 32.1. The van der Waals surface area contributed by atoms with Gasteiger partial charge in [0.2, 0.25) is 0 Å². The second-order valence-corrected chi connectivity index (χ2v) is 5.32. The van der Waals surface area contributed by atoms with Crippen LogP contribution in [0.5, 0.6) is 11.5 Å². The third-order valence-electron chi connectivity index (χ3n) is 3.05. The number of rotatable bonds is 9. The van der Waals surface area contributed by atoms with Gasteiger partial charge < -0.3 is 14.8 Å². The molecule has 0 fully saturated rings. The van der Waals surface area contributed by atoms with Crippen molar-refractivity contribution in [3.8, 4) is 11.5 Å². The highest BCUT2D eigenvalue weighted by Crippen LogP contribution is 2.16. The molecule has 2 rings (SSSR count). The molecule has 0 amide bonds. The Bertz CT molecular complexity index is 705. The van der Waals surface area contributed by atoms with Gasteiger partial charge >= 0.3 is 0 Å². The number of para-hydroxylation sites is 2. The minimum Gasteiger partial charge on any atom is -0.490 e. The standard InChI is InChI=1S/C19H21N3O2S/c1-2-12-20-19(25)22-21-15-16-8-6-7-11-18(16)24-14-13-23-17-9-4-3-5-10-17/h2-11,15H,1,12-14H2,(H2,20,22,25)/b21-15-. The van der Waals surface area contributed by atoms with E-state index in [2.05, 4.69) is 22.4 Å². The lowest BCUT2D eigenvalue weighted by Crippen LogP contribution is -2.31. The first-order valence-electron chi connectivity index (χ1n) is 7.87.